The summed E-state index contributed by atoms with van der Waals surface area (Å²) in [6.07, 6.45) is 1.04. The number of carboxylic acid groups (broad SMARTS) is 1. The standard InChI is InChI=1S/C21H24F3NO4S/c1-13-18(11-17-9-8-16(29-17)3-2-10-30-12-19(26)27)25-20(28-13)14-4-6-15(7-5-14)21(22,23)24/h2-3,8-9,14-15H,4-7,10-12H2,1H3,(H,26,27)/b3-2+. The van der Waals surface area contributed by atoms with Gasteiger partial charge in [-0.05, 0) is 50.8 Å². The minimum atomic E-state index is -4.12. The number of furan rings is 1. The van der Waals surface area contributed by atoms with Crippen molar-refractivity contribution >= 4 is 23.8 Å². The molecule has 2 heterocycles. The predicted molar refractivity (Wildman–Crippen MR) is 108 cm³/mol. The molecule has 0 spiro atoms. The van der Waals surface area contributed by atoms with E-state index in [2.05, 4.69) is 4.98 Å². The number of carbonyl (C=O) groups is 1. The summed E-state index contributed by atoms with van der Waals surface area (Å²) in [5.74, 6) is 1.03. The van der Waals surface area contributed by atoms with Gasteiger partial charge in [0.15, 0.2) is 5.89 Å². The van der Waals surface area contributed by atoms with Gasteiger partial charge < -0.3 is 13.9 Å². The number of rotatable bonds is 8. The quantitative estimate of drug-likeness (QED) is 0.517. The van der Waals surface area contributed by atoms with Gasteiger partial charge in [0.25, 0.3) is 0 Å². The molecule has 1 aliphatic rings. The first-order valence-electron chi connectivity index (χ1n) is 9.80. The summed E-state index contributed by atoms with van der Waals surface area (Å²) in [5, 5.41) is 8.60. The molecule has 3 rings (SSSR count). The van der Waals surface area contributed by atoms with E-state index in [4.69, 9.17) is 13.9 Å². The number of thioether (sulfide) groups is 1. The highest BCUT2D eigenvalue weighted by Crippen LogP contribution is 2.43. The lowest BCUT2D eigenvalue weighted by Crippen LogP contribution is -2.27. The zero-order valence-corrected chi connectivity index (χ0v) is 17.4. The molecule has 2 aromatic heterocycles. The zero-order valence-electron chi connectivity index (χ0n) is 16.6. The van der Waals surface area contributed by atoms with Crippen molar-refractivity contribution in [1.82, 2.24) is 4.98 Å². The third kappa shape index (κ3) is 6.17. The van der Waals surface area contributed by atoms with Crippen molar-refractivity contribution in [3.63, 3.8) is 0 Å². The molecule has 5 nitrogen and oxygen atoms in total. The largest absolute Gasteiger partial charge is 0.481 e. The van der Waals surface area contributed by atoms with Crippen LogP contribution >= 0.6 is 11.8 Å². The molecule has 2 aromatic rings. The van der Waals surface area contributed by atoms with E-state index in [1.54, 1.807) is 13.0 Å². The van der Waals surface area contributed by atoms with Crippen LogP contribution in [0.4, 0.5) is 13.2 Å². The smallest absolute Gasteiger partial charge is 0.391 e. The maximum atomic E-state index is 12.9. The second-order valence-electron chi connectivity index (χ2n) is 7.44. The summed E-state index contributed by atoms with van der Waals surface area (Å²) in [7, 11) is 0. The summed E-state index contributed by atoms with van der Waals surface area (Å²) in [6.45, 7) is 1.80. The van der Waals surface area contributed by atoms with Gasteiger partial charge >= 0.3 is 12.1 Å². The van der Waals surface area contributed by atoms with Gasteiger partial charge in [-0.25, -0.2) is 4.98 Å². The van der Waals surface area contributed by atoms with E-state index in [0.717, 1.165) is 5.69 Å². The van der Waals surface area contributed by atoms with E-state index in [1.165, 1.54) is 11.8 Å². The van der Waals surface area contributed by atoms with Gasteiger partial charge in [0, 0.05) is 11.7 Å². The Hall–Kier alpha value is -2.16. The molecule has 0 radical (unpaired) electrons. The maximum Gasteiger partial charge on any atom is 0.391 e. The number of hydrogen-bond acceptors (Lipinski definition) is 5. The highest BCUT2D eigenvalue weighted by atomic mass is 32.2. The SMILES string of the molecule is Cc1oc(C2CCC(C(F)(F)F)CC2)nc1Cc1ccc(/C=C/CSCC(=O)O)o1. The number of hydrogen-bond donors (Lipinski definition) is 1. The molecule has 1 fully saturated rings. The fourth-order valence-corrected chi connectivity index (χ4v) is 4.10. The van der Waals surface area contributed by atoms with Crippen molar-refractivity contribution in [3.05, 3.63) is 47.1 Å². The van der Waals surface area contributed by atoms with Crippen LogP contribution in [0.15, 0.2) is 27.0 Å². The monoisotopic (exact) mass is 443 g/mol. The van der Waals surface area contributed by atoms with Crippen LogP contribution in [0.25, 0.3) is 6.08 Å². The lowest BCUT2D eigenvalue weighted by molar-refractivity contribution is -0.182. The van der Waals surface area contributed by atoms with E-state index in [-0.39, 0.29) is 24.5 Å². The van der Waals surface area contributed by atoms with E-state index in [0.29, 0.717) is 48.2 Å². The van der Waals surface area contributed by atoms with E-state index >= 15 is 0 Å². The van der Waals surface area contributed by atoms with Crippen molar-refractivity contribution in [2.24, 2.45) is 5.92 Å². The molecule has 1 aliphatic carbocycles. The van der Waals surface area contributed by atoms with Gasteiger partial charge in [-0.1, -0.05) is 6.08 Å². The van der Waals surface area contributed by atoms with E-state index in [9.17, 15) is 18.0 Å². The Labute approximate surface area is 176 Å². The molecule has 0 amide bonds. The molecule has 30 heavy (non-hydrogen) atoms. The number of aryl methyl sites for hydroxylation is 1. The fraction of sp³-hybridized carbons (Fsp3) is 0.524. The predicted octanol–water partition coefficient (Wildman–Crippen LogP) is 5.83. The van der Waals surface area contributed by atoms with Crippen LogP contribution in [0.3, 0.4) is 0 Å². The van der Waals surface area contributed by atoms with Gasteiger partial charge in [0.05, 0.1) is 23.8 Å². The number of halogens is 3. The Bertz CT molecular complexity index is 879. The normalized spacial score (nSPS) is 20.1. The molecule has 9 heteroatoms. The van der Waals surface area contributed by atoms with Gasteiger partial charge in [0.1, 0.15) is 17.3 Å². The molecule has 0 aromatic carbocycles. The minimum Gasteiger partial charge on any atom is -0.481 e. The van der Waals surface area contributed by atoms with Crippen LogP contribution in [0.2, 0.25) is 0 Å². The molecule has 1 saturated carbocycles. The minimum absolute atomic E-state index is 0.0549. The topological polar surface area (TPSA) is 76.5 Å². The van der Waals surface area contributed by atoms with E-state index in [1.807, 2.05) is 18.2 Å². The number of aromatic nitrogens is 1. The maximum absolute atomic E-state index is 12.9. The number of oxazole rings is 1. The molecule has 0 unspecified atom stereocenters. The van der Waals surface area contributed by atoms with Crippen LogP contribution in [0.1, 0.15) is 60.5 Å². The van der Waals surface area contributed by atoms with Crippen molar-refractivity contribution in [2.45, 2.75) is 51.1 Å². The van der Waals surface area contributed by atoms with Crippen LogP contribution in [-0.4, -0.2) is 33.7 Å². The fourth-order valence-electron chi connectivity index (χ4n) is 3.58. The van der Waals surface area contributed by atoms with Crippen molar-refractivity contribution in [2.75, 3.05) is 11.5 Å². The lowest BCUT2D eigenvalue weighted by atomic mass is 9.81. The Morgan fingerprint density at radius 2 is 2.00 bits per heavy atom. The molecule has 1 N–H and O–H groups in total. The summed E-state index contributed by atoms with van der Waals surface area (Å²) in [5.41, 5.74) is 0.727. The number of aliphatic carboxylic acids is 1. The second kappa shape index (κ2) is 9.76. The zero-order chi connectivity index (χ0) is 21.7. The first kappa shape index (κ1) is 22.5. The third-order valence-corrected chi connectivity index (χ3v) is 6.07. The number of carboxylic acids is 1. The molecule has 0 bridgehead atoms. The molecule has 0 saturated heterocycles. The molecular weight excluding hydrogens is 419 g/mol. The Morgan fingerprint density at radius 1 is 1.27 bits per heavy atom. The Kier molecular flexibility index (Phi) is 7.33. The summed E-state index contributed by atoms with van der Waals surface area (Å²) in [4.78, 5) is 15.0. The van der Waals surface area contributed by atoms with Gasteiger partial charge in [-0.2, -0.15) is 13.2 Å². The summed E-state index contributed by atoms with van der Waals surface area (Å²) >= 11 is 1.30. The van der Waals surface area contributed by atoms with Gasteiger partial charge in [0.2, 0.25) is 0 Å². The van der Waals surface area contributed by atoms with Crippen LogP contribution in [-0.2, 0) is 11.2 Å². The van der Waals surface area contributed by atoms with Gasteiger partial charge in [-0.15, -0.1) is 11.8 Å². The van der Waals surface area contributed by atoms with Crippen molar-refractivity contribution < 1.29 is 31.9 Å². The highest BCUT2D eigenvalue weighted by Gasteiger charge is 2.42. The number of nitrogens with zero attached hydrogens (tertiary/aromatic N) is 1. The van der Waals surface area contributed by atoms with Gasteiger partial charge in [-0.3, -0.25) is 4.79 Å². The highest BCUT2D eigenvalue weighted by molar-refractivity contribution is 8.00. The molecule has 0 aliphatic heterocycles. The summed E-state index contributed by atoms with van der Waals surface area (Å²) in [6, 6.07) is 3.66. The summed E-state index contributed by atoms with van der Waals surface area (Å²) < 4.78 is 50.1. The molecular formula is C21H24F3NO4S. The van der Waals surface area contributed by atoms with Crippen molar-refractivity contribution in [1.29, 1.82) is 0 Å². The first-order valence-corrected chi connectivity index (χ1v) is 11.0. The number of alkyl halides is 3. The van der Waals surface area contributed by atoms with Crippen LogP contribution in [0.5, 0.6) is 0 Å². The first-order chi connectivity index (χ1) is 14.2. The average molecular weight is 443 g/mol. The Morgan fingerprint density at radius 3 is 2.67 bits per heavy atom. The van der Waals surface area contributed by atoms with Crippen LogP contribution in [0, 0.1) is 12.8 Å². The molecule has 0 atom stereocenters. The Balaban J connectivity index is 1.55. The second-order valence-corrected chi connectivity index (χ2v) is 8.47. The van der Waals surface area contributed by atoms with Crippen molar-refractivity contribution in [3.8, 4) is 0 Å². The lowest BCUT2D eigenvalue weighted by Gasteiger charge is -2.28. The molecule has 164 valence electrons. The third-order valence-electron chi connectivity index (χ3n) is 5.19. The van der Waals surface area contributed by atoms with E-state index < -0.39 is 18.1 Å². The average Bonchev–Trinajstić information content (AvgIpc) is 3.28. The van der Waals surface area contributed by atoms with Crippen LogP contribution < -0.4 is 0 Å².